The fourth-order valence-corrected chi connectivity index (χ4v) is 2.49. The number of fused-ring (bicyclic) bond motifs is 1. The molecule has 0 bridgehead atoms. The summed E-state index contributed by atoms with van der Waals surface area (Å²) < 4.78 is 6.78. The predicted molar refractivity (Wildman–Crippen MR) is 71.9 cm³/mol. The Bertz CT molecular complexity index is 689. The number of hydrogen-bond donors (Lipinski definition) is 5. The number of hydrogen-bond acceptors (Lipinski definition) is 9. The normalized spacial score (nSPS) is 29.3. The maximum absolute atomic E-state index is 10.1. The second-order valence-electron chi connectivity index (χ2n) is 4.91. The maximum atomic E-state index is 10.1. The third-order valence-electron chi connectivity index (χ3n) is 3.53. The Hall–Kier alpha value is -2.01. The smallest absolute Gasteiger partial charge is 0.222 e. The average Bonchev–Trinajstić information content (AvgIpc) is 2.89. The Morgan fingerprint density at radius 1 is 1.19 bits per heavy atom. The predicted octanol–water partition coefficient (Wildman–Crippen LogP) is -2.09. The summed E-state index contributed by atoms with van der Waals surface area (Å²) >= 11 is 0. The molecule has 10 heteroatoms. The van der Waals surface area contributed by atoms with Crippen molar-refractivity contribution in [2.24, 2.45) is 0 Å². The van der Waals surface area contributed by atoms with Crippen molar-refractivity contribution in [2.45, 2.75) is 31.5 Å². The van der Waals surface area contributed by atoms with Gasteiger partial charge in [0.2, 0.25) is 11.9 Å². The van der Waals surface area contributed by atoms with Gasteiger partial charge in [-0.2, -0.15) is 4.98 Å². The number of imidazole rings is 1. The number of rotatable bonds is 2. The van der Waals surface area contributed by atoms with Gasteiger partial charge in [-0.3, -0.25) is 4.57 Å². The minimum absolute atomic E-state index is 0.0351. The third-order valence-corrected chi connectivity index (χ3v) is 3.53. The van der Waals surface area contributed by atoms with Crippen LogP contribution in [0.1, 0.15) is 11.9 Å². The van der Waals surface area contributed by atoms with Crippen LogP contribution in [0, 0.1) is 6.92 Å². The largest absolute Gasteiger partial charge is 0.394 e. The second-order valence-corrected chi connectivity index (χ2v) is 4.91. The van der Waals surface area contributed by atoms with Gasteiger partial charge in [0.15, 0.2) is 11.9 Å². The van der Waals surface area contributed by atoms with Gasteiger partial charge in [-0.25, -0.2) is 9.97 Å². The summed E-state index contributed by atoms with van der Waals surface area (Å²) in [4.78, 5) is 12.2. The second kappa shape index (κ2) is 4.77. The molecule has 114 valence electrons. The molecule has 1 aliphatic heterocycles. The Balaban J connectivity index is 2.15. The molecular formula is C11H16N6O4. The van der Waals surface area contributed by atoms with E-state index in [4.69, 9.17) is 21.3 Å². The average molecular weight is 296 g/mol. The molecule has 0 aliphatic carbocycles. The van der Waals surface area contributed by atoms with Gasteiger partial charge in [-0.05, 0) is 6.92 Å². The van der Waals surface area contributed by atoms with E-state index in [1.54, 1.807) is 6.92 Å². The van der Waals surface area contributed by atoms with Gasteiger partial charge in [-0.15, -0.1) is 0 Å². The van der Waals surface area contributed by atoms with Crippen molar-refractivity contribution < 1.29 is 20.1 Å². The van der Waals surface area contributed by atoms with Crippen molar-refractivity contribution in [3.05, 3.63) is 5.69 Å². The SMILES string of the molecule is Cc1nc(N)nc2c1nc(N)n2[C@H]1O[C@@H](CO)[C@H](O)[C@@H]1O. The van der Waals surface area contributed by atoms with Crippen LogP contribution in [-0.4, -0.2) is 59.8 Å². The van der Waals surface area contributed by atoms with Crippen molar-refractivity contribution in [1.29, 1.82) is 0 Å². The van der Waals surface area contributed by atoms with E-state index in [0.717, 1.165) is 0 Å². The molecule has 0 saturated carbocycles. The molecule has 7 N–H and O–H groups in total. The van der Waals surface area contributed by atoms with Crippen molar-refractivity contribution in [1.82, 2.24) is 19.5 Å². The van der Waals surface area contributed by atoms with E-state index in [1.165, 1.54) is 4.57 Å². The maximum Gasteiger partial charge on any atom is 0.222 e. The monoisotopic (exact) mass is 296 g/mol. The molecule has 3 rings (SSSR count). The molecule has 3 heterocycles. The Labute approximate surface area is 119 Å². The summed E-state index contributed by atoms with van der Waals surface area (Å²) in [5.41, 5.74) is 12.7. The van der Waals surface area contributed by atoms with Gasteiger partial charge < -0.3 is 31.5 Å². The quantitative estimate of drug-likeness (QED) is 0.417. The topological polar surface area (TPSA) is 166 Å². The summed E-state index contributed by atoms with van der Waals surface area (Å²) in [6.07, 6.45) is -4.45. The molecular weight excluding hydrogens is 280 g/mol. The third kappa shape index (κ3) is 2.00. The minimum atomic E-state index is -1.28. The zero-order valence-electron chi connectivity index (χ0n) is 11.2. The lowest BCUT2D eigenvalue weighted by Gasteiger charge is -2.17. The highest BCUT2D eigenvalue weighted by molar-refractivity contribution is 5.77. The number of nitrogen functional groups attached to an aromatic ring is 2. The van der Waals surface area contributed by atoms with Crippen molar-refractivity contribution in [3.63, 3.8) is 0 Å². The highest BCUT2D eigenvalue weighted by atomic mass is 16.6. The number of aryl methyl sites for hydroxylation is 1. The molecule has 4 atom stereocenters. The van der Waals surface area contributed by atoms with Gasteiger partial charge in [0.1, 0.15) is 23.8 Å². The van der Waals surface area contributed by atoms with Crippen molar-refractivity contribution in [3.8, 4) is 0 Å². The van der Waals surface area contributed by atoms with Crippen LogP contribution in [0.2, 0.25) is 0 Å². The molecule has 0 aromatic carbocycles. The van der Waals surface area contributed by atoms with Gasteiger partial charge in [0, 0.05) is 0 Å². The van der Waals surface area contributed by atoms with Crippen LogP contribution in [0.15, 0.2) is 0 Å². The summed E-state index contributed by atoms with van der Waals surface area (Å²) in [6, 6.07) is 0. The molecule has 2 aromatic heterocycles. The summed E-state index contributed by atoms with van der Waals surface area (Å²) in [5, 5.41) is 29.1. The Kier molecular flexibility index (Phi) is 3.17. The first-order valence-corrected chi connectivity index (χ1v) is 6.34. The van der Waals surface area contributed by atoms with Crippen LogP contribution in [0.25, 0.3) is 11.2 Å². The molecule has 10 nitrogen and oxygen atoms in total. The molecule has 0 radical (unpaired) electrons. The minimum Gasteiger partial charge on any atom is -0.394 e. The molecule has 0 unspecified atom stereocenters. The first-order chi connectivity index (χ1) is 9.93. The lowest BCUT2D eigenvalue weighted by molar-refractivity contribution is -0.0500. The van der Waals surface area contributed by atoms with Crippen molar-refractivity contribution in [2.75, 3.05) is 18.1 Å². The van der Waals surface area contributed by atoms with Crippen molar-refractivity contribution >= 4 is 23.1 Å². The van der Waals surface area contributed by atoms with Gasteiger partial charge >= 0.3 is 0 Å². The standard InChI is InChI=1S/C11H16N6O4/c1-3-5-8(16-10(12)14-3)17(11(13)15-5)9-7(20)6(19)4(2-18)21-9/h4,6-7,9,18-20H,2H2,1H3,(H2,13,15)(H2,12,14,16)/t4-,6-,7-,9-/m0/s1. The number of aromatic nitrogens is 4. The van der Waals surface area contributed by atoms with E-state index in [0.29, 0.717) is 16.9 Å². The Morgan fingerprint density at radius 2 is 1.90 bits per heavy atom. The van der Waals surface area contributed by atoms with Gasteiger partial charge in [0.25, 0.3) is 0 Å². The molecule has 2 aromatic rings. The van der Waals surface area contributed by atoms with Crippen LogP contribution < -0.4 is 11.5 Å². The van der Waals surface area contributed by atoms with Crippen LogP contribution >= 0.6 is 0 Å². The number of aliphatic hydroxyl groups excluding tert-OH is 3. The molecule has 0 spiro atoms. The van der Waals surface area contributed by atoms with Crippen LogP contribution in [0.3, 0.4) is 0 Å². The zero-order chi connectivity index (χ0) is 15.3. The number of nitrogens with zero attached hydrogens (tertiary/aromatic N) is 4. The molecule has 1 saturated heterocycles. The summed E-state index contributed by atoms with van der Waals surface area (Å²) in [5.74, 6) is 0.0794. The number of nitrogens with two attached hydrogens (primary N) is 2. The van der Waals surface area contributed by atoms with Gasteiger partial charge in [0.05, 0.1) is 12.3 Å². The van der Waals surface area contributed by atoms with E-state index in [2.05, 4.69) is 15.0 Å². The number of ether oxygens (including phenoxy) is 1. The first kappa shape index (κ1) is 13.9. The van der Waals surface area contributed by atoms with Crippen LogP contribution in [0.5, 0.6) is 0 Å². The summed E-state index contributed by atoms with van der Waals surface area (Å²) in [6.45, 7) is 1.27. The van der Waals surface area contributed by atoms with E-state index in [1.807, 2.05) is 0 Å². The van der Waals surface area contributed by atoms with E-state index < -0.39 is 31.1 Å². The lowest BCUT2D eigenvalue weighted by Crippen LogP contribution is -2.33. The molecule has 1 aliphatic rings. The van der Waals surface area contributed by atoms with E-state index >= 15 is 0 Å². The van der Waals surface area contributed by atoms with Crippen LogP contribution in [-0.2, 0) is 4.74 Å². The van der Waals surface area contributed by atoms with Gasteiger partial charge in [-0.1, -0.05) is 0 Å². The lowest BCUT2D eigenvalue weighted by atomic mass is 10.1. The van der Waals surface area contributed by atoms with E-state index in [9.17, 15) is 10.2 Å². The summed E-state index contributed by atoms with van der Waals surface area (Å²) in [7, 11) is 0. The molecule has 1 fully saturated rings. The Morgan fingerprint density at radius 3 is 2.52 bits per heavy atom. The van der Waals surface area contributed by atoms with Crippen LogP contribution in [0.4, 0.5) is 11.9 Å². The fourth-order valence-electron chi connectivity index (χ4n) is 2.49. The number of aliphatic hydroxyl groups is 3. The first-order valence-electron chi connectivity index (χ1n) is 6.34. The fraction of sp³-hybridized carbons (Fsp3) is 0.545. The molecule has 0 amide bonds. The molecule has 21 heavy (non-hydrogen) atoms. The zero-order valence-corrected chi connectivity index (χ0v) is 11.2. The van der Waals surface area contributed by atoms with E-state index in [-0.39, 0.29) is 11.9 Å². The highest BCUT2D eigenvalue weighted by Gasteiger charge is 2.44. The number of anilines is 2. The highest BCUT2D eigenvalue weighted by Crippen LogP contribution is 2.34.